The number of piperidine rings is 1. The first kappa shape index (κ1) is 18.6. The number of ether oxygens (including phenoxy) is 2. The van der Waals surface area contributed by atoms with Crippen molar-refractivity contribution < 1.29 is 14.3 Å². The highest BCUT2D eigenvalue weighted by Crippen LogP contribution is 2.33. The summed E-state index contributed by atoms with van der Waals surface area (Å²) in [5.74, 6) is 2.76. The maximum Gasteiger partial charge on any atom is 0.163 e. The molecule has 0 radical (unpaired) electrons. The molecule has 140 valence electrons. The molecule has 1 aliphatic rings. The summed E-state index contributed by atoms with van der Waals surface area (Å²) in [6.45, 7) is 4.37. The highest BCUT2D eigenvalue weighted by molar-refractivity contribution is 6.08. The van der Waals surface area contributed by atoms with Crippen LogP contribution in [0.15, 0.2) is 24.4 Å². The summed E-state index contributed by atoms with van der Waals surface area (Å²) in [5, 5.41) is 4.26. The lowest BCUT2D eigenvalue weighted by atomic mass is 9.81. The van der Waals surface area contributed by atoms with Gasteiger partial charge in [-0.15, -0.1) is 0 Å². The Kier molecular flexibility index (Phi) is 6.09. The lowest BCUT2D eigenvalue weighted by Crippen LogP contribution is -2.36. The van der Waals surface area contributed by atoms with Gasteiger partial charge >= 0.3 is 0 Å². The summed E-state index contributed by atoms with van der Waals surface area (Å²) < 4.78 is 10.8. The molecule has 1 aromatic heterocycles. The number of rotatable bonds is 7. The van der Waals surface area contributed by atoms with Gasteiger partial charge in [0.25, 0.3) is 0 Å². The predicted molar refractivity (Wildman–Crippen MR) is 103 cm³/mol. The van der Waals surface area contributed by atoms with Crippen molar-refractivity contribution in [2.24, 2.45) is 11.8 Å². The van der Waals surface area contributed by atoms with Gasteiger partial charge in [-0.1, -0.05) is 13.3 Å². The van der Waals surface area contributed by atoms with Crippen LogP contribution in [0.1, 0.15) is 43.0 Å². The fraction of sp³-hybridized carbons (Fsp3) is 0.524. The molecule has 5 heteroatoms. The summed E-state index contributed by atoms with van der Waals surface area (Å²) in [4.78, 5) is 17.4. The van der Waals surface area contributed by atoms with Crippen LogP contribution < -0.4 is 14.8 Å². The summed E-state index contributed by atoms with van der Waals surface area (Å²) in [6.07, 6.45) is 5.52. The first-order chi connectivity index (χ1) is 12.7. The Morgan fingerprint density at radius 3 is 2.85 bits per heavy atom. The Balaban J connectivity index is 1.83. The van der Waals surface area contributed by atoms with Crippen LogP contribution in [-0.4, -0.2) is 38.1 Å². The molecular weight excluding hydrogens is 328 g/mol. The number of hydrogen-bond donors (Lipinski definition) is 1. The third-order valence-corrected chi connectivity index (χ3v) is 5.57. The number of carbonyl (C=O) groups is 1. The standard InChI is InChI=1S/C21H28N2O3/c1-4-14-13-22-9-7-15(14)5-6-19(24)17-8-10-23-21-18(17)11-16(25-2)12-20(21)26-3/h8,10-12,14-15,22H,4-7,9,13H2,1-3H3. The number of nitrogens with one attached hydrogen (secondary N) is 1. The van der Waals surface area contributed by atoms with Crippen molar-refractivity contribution >= 4 is 16.7 Å². The zero-order valence-electron chi connectivity index (χ0n) is 15.9. The topological polar surface area (TPSA) is 60.5 Å². The van der Waals surface area contributed by atoms with E-state index >= 15 is 0 Å². The van der Waals surface area contributed by atoms with E-state index in [0.29, 0.717) is 40.8 Å². The Labute approximate surface area is 155 Å². The van der Waals surface area contributed by atoms with Gasteiger partial charge in [0.15, 0.2) is 5.78 Å². The van der Waals surface area contributed by atoms with Gasteiger partial charge in [0.1, 0.15) is 17.0 Å². The molecule has 1 aliphatic heterocycles. The van der Waals surface area contributed by atoms with E-state index in [1.54, 1.807) is 26.5 Å². The third kappa shape index (κ3) is 3.83. The number of nitrogens with zero attached hydrogens (tertiary/aromatic N) is 1. The van der Waals surface area contributed by atoms with Crippen molar-refractivity contribution in [3.8, 4) is 11.5 Å². The average molecular weight is 356 g/mol. The number of pyridine rings is 1. The second-order valence-electron chi connectivity index (χ2n) is 6.97. The molecule has 5 nitrogen and oxygen atoms in total. The van der Waals surface area contributed by atoms with E-state index in [2.05, 4.69) is 17.2 Å². The number of hydrogen-bond acceptors (Lipinski definition) is 5. The molecule has 26 heavy (non-hydrogen) atoms. The number of carbonyl (C=O) groups excluding carboxylic acids is 1. The van der Waals surface area contributed by atoms with E-state index in [4.69, 9.17) is 9.47 Å². The Morgan fingerprint density at radius 1 is 1.27 bits per heavy atom. The minimum absolute atomic E-state index is 0.168. The molecule has 0 aliphatic carbocycles. The van der Waals surface area contributed by atoms with Crippen molar-refractivity contribution in [1.82, 2.24) is 10.3 Å². The van der Waals surface area contributed by atoms with Gasteiger partial charge in [-0.25, -0.2) is 0 Å². The fourth-order valence-electron chi connectivity index (χ4n) is 4.00. The van der Waals surface area contributed by atoms with Crippen LogP contribution in [0.4, 0.5) is 0 Å². The lowest BCUT2D eigenvalue weighted by Gasteiger charge is -2.31. The Bertz CT molecular complexity index is 775. The zero-order chi connectivity index (χ0) is 18.5. The number of aromatic nitrogens is 1. The molecule has 1 saturated heterocycles. The van der Waals surface area contributed by atoms with Crippen molar-refractivity contribution in [3.05, 3.63) is 30.0 Å². The normalized spacial score (nSPS) is 20.1. The van der Waals surface area contributed by atoms with E-state index in [9.17, 15) is 4.79 Å². The van der Waals surface area contributed by atoms with Crippen molar-refractivity contribution in [2.45, 2.75) is 32.6 Å². The van der Waals surface area contributed by atoms with Gasteiger partial charge in [-0.3, -0.25) is 9.78 Å². The van der Waals surface area contributed by atoms with Crippen LogP contribution in [0.3, 0.4) is 0 Å². The maximum absolute atomic E-state index is 13.0. The van der Waals surface area contributed by atoms with Gasteiger partial charge in [0.05, 0.1) is 14.2 Å². The monoisotopic (exact) mass is 356 g/mol. The minimum Gasteiger partial charge on any atom is -0.497 e. The smallest absolute Gasteiger partial charge is 0.163 e. The van der Waals surface area contributed by atoms with Gasteiger partial charge in [-0.05, 0) is 49.9 Å². The number of methoxy groups -OCH3 is 2. The summed E-state index contributed by atoms with van der Waals surface area (Å²) in [6, 6.07) is 5.48. The number of Topliss-reactive ketones (excluding diaryl/α,β-unsaturated/α-hetero) is 1. The molecule has 1 aromatic carbocycles. The van der Waals surface area contributed by atoms with Gasteiger partial charge in [-0.2, -0.15) is 0 Å². The van der Waals surface area contributed by atoms with E-state index < -0.39 is 0 Å². The van der Waals surface area contributed by atoms with Crippen LogP contribution in [0.2, 0.25) is 0 Å². The maximum atomic E-state index is 13.0. The molecule has 3 rings (SSSR count). The molecule has 0 bridgehead atoms. The van der Waals surface area contributed by atoms with Crippen LogP contribution in [0, 0.1) is 11.8 Å². The molecule has 0 spiro atoms. The quantitative estimate of drug-likeness (QED) is 0.764. The summed E-state index contributed by atoms with van der Waals surface area (Å²) in [7, 11) is 3.22. The largest absolute Gasteiger partial charge is 0.497 e. The lowest BCUT2D eigenvalue weighted by molar-refractivity contribution is 0.0963. The van der Waals surface area contributed by atoms with Gasteiger partial charge < -0.3 is 14.8 Å². The second kappa shape index (κ2) is 8.49. The van der Waals surface area contributed by atoms with Crippen molar-refractivity contribution in [2.75, 3.05) is 27.3 Å². The molecule has 1 N–H and O–H groups in total. The van der Waals surface area contributed by atoms with Crippen LogP contribution in [-0.2, 0) is 0 Å². The highest BCUT2D eigenvalue weighted by Gasteiger charge is 2.24. The van der Waals surface area contributed by atoms with Crippen LogP contribution in [0.25, 0.3) is 10.9 Å². The van der Waals surface area contributed by atoms with Gasteiger partial charge in [0, 0.05) is 29.6 Å². The SMILES string of the molecule is CCC1CNCCC1CCC(=O)c1ccnc2c(OC)cc(OC)cc12. The third-order valence-electron chi connectivity index (χ3n) is 5.57. The molecular formula is C21H28N2O3. The molecule has 0 amide bonds. The second-order valence-corrected chi connectivity index (χ2v) is 6.97. The summed E-state index contributed by atoms with van der Waals surface area (Å²) in [5.41, 5.74) is 1.40. The molecule has 0 saturated carbocycles. The first-order valence-corrected chi connectivity index (χ1v) is 9.42. The molecule has 2 heterocycles. The van der Waals surface area contributed by atoms with E-state index in [-0.39, 0.29) is 5.78 Å². The molecule has 1 fully saturated rings. The number of fused-ring (bicyclic) bond motifs is 1. The number of benzene rings is 1. The first-order valence-electron chi connectivity index (χ1n) is 9.42. The van der Waals surface area contributed by atoms with Crippen LogP contribution in [0.5, 0.6) is 11.5 Å². The Hall–Kier alpha value is -2.14. The van der Waals surface area contributed by atoms with Crippen LogP contribution >= 0.6 is 0 Å². The molecule has 2 atom stereocenters. The van der Waals surface area contributed by atoms with E-state index in [0.717, 1.165) is 31.3 Å². The van der Waals surface area contributed by atoms with Crippen molar-refractivity contribution in [3.63, 3.8) is 0 Å². The zero-order valence-corrected chi connectivity index (χ0v) is 15.9. The number of ketones is 1. The predicted octanol–water partition coefficient (Wildman–Crippen LogP) is 3.85. The molecule has 2 aromatic rings. The van der Waals surface area contributed by atoms with E-state index in [1.165, 1.54) is 6.42 Å². The van der Waals surface area contributed by atoms with Crippen molar-refractivity contribution in [1.29, 1.82) is 0 Å². The Morgan fingerprint density at radius 2 is 2.12 bits per heavy atom. The average Bonchev–Trinajstić information content (AvgIpc) is 2.70. The fourth-order valence-corrected chi connectivity index (χ4v) is 4.00. The summed E-state index contributed by atoms with van der Waals surface area (Å²) >= 11 is 0. The van der Waals surface area contributed by atoms with E-state index in [1.807, 2.05) is 12.1 Å². The van der Waals surface area contributed by atoms with Gasteiger partial charge in [0.2, 0.25) is 0 Å². The molecule has 2 unspecified atom stereocenters. The highest BCUT2D eigenvalue weighted by atomic mass is 16.5. The minimum atomic E-state index is 0.168.